The molecule has 0 aliphatic rings. The van der Waals surface area contributed by atoms with E-state index >= 15 is 0 Å². The first-order valence-electron chi connectivity index (χ1n) is 4.24. The summed E-state index contributed by atoms with van der Waals surface area (Å²) >= 11 is 17.3. The summed E-state index contributed by atoms with van der Waals surface area (Å²) in [6, 6.07) is 5.43. The fourth-order valence-electron chi connectivity index (χ4n) is 0.913. The van der Waals surface area contributed by atoms with E-state index in [9.17, 15) is 0 Å². The molecule has 0 aliphatic heterocycles. The van der Waals surface area contributed by atoms with Gasteiger partial charge in [0, 0.05) is 17.9 Å². The molecule has 14 heavy (non-hydrogen) atoms. The molecule has 0 radical (unpaired) electrons. The first kappa shape index (κ1) is 11.7. The highest BCUT2D eigenvalue weighted by Gasteiger charge is 2.00. The molecule has 0 bridgehead atoms. The fraction of sp³-hybridized carbons (Fsp3) is 0.273. The van der Waals surface area contributed by atoms with Crippen LogP contribution in [-0.2, 0) is 0 Å². The molecule has 1 aromatic carbocycles. The van der Waals surface area contributed by atoms with Crippen molar-refractivity contribution in [1.29, 1.82) is 0 Å². The average molecular weight is 248 g/mol. The van der Waals surface area contributed by atoms with E-state index in [4.69, 9.17) is 34.8 Å². The van der Waals surface area contributed by atoms with Crippen molar-refractivity contribution in [2.75, 3.05) is 5.88 Å². The molecule has 3 heteroatoms. The molecular weight excluding hydrogens is 238 g/mol. The zero-order valence-electron chi connectivity index (χ0n) is 7.49. The second kappa shape index (κ2) is 6.19. The summed E-state index contributed by atoms with van der Waals surface area (Å²) in [6.45, 7) is 0. The Morgan fingerprint density at radius 1 is 1.21 bits per heavy atom. The maximum absolute atomic E-state index is 5.95. The van der Waals surface area contributed by atoms with Crippen LogP contribution in [0.2, 0.25) is 10.0 Å². The van der Waals surface area contributed by atoms with Crippen LogP contribution in [0.1, 0.15) is 18.4 Å². The molecule has 1 rings (SSSR count). The third-order valence-electron chi connectivity index (χ3n) is 1.61. The summed E-state index contributed by atoms with van der Waals surface area (Å²) in [6.07, 6.45) is 1.68. The topological polar surface area (TPSA) is 0 Å². The van der Waals surface area contributed by atoms with Crippen molar-refractivity contribution in [1.82, 2.24) is 0 Å². The van der Waals surface area contributed by atoms with Crippen molar-refractivity contribution < 1.29 is 0 Å². The quantitative estimate of drug-likeness (QED) is 0.414. The van der Waals surface area contributed by atoms with E-state index in [2.05, 4.69) is 11.8 Å². The number of alkyl halides is 1. The fourth-order valence-corrected chi connectivity index (χ4v) is 1.39. The van der Waals surface area contributed by atoms with Gasteiger partial charge in [-0.3, -0.25) is 0 Å². The van der Waals surface area contributed by atoms with Gasteiger partial charge in [-0.1, -0.05) is 41.1 Å². The van der Waals surface area contributed by atoms with Gasteiger partial charge in [-0.05, 0) is 18.6 Å². The van der Waals surface area contributed by atoms with Gasteiger partial charge in [-0.15, -0.1) is 11.6 Å². The number of benzene rings is 1. The van der Waals surface area contributed by atoms with Crippen LogP contribution in [0, 0.1) is 11.8 Å². The highest BCUT2D eigenvalue weighted by Crippen LogP contribution is 2.24. The van der Waals surface area contributed by atoms with Crippen molar-refractivity contribution in [3.05, 3.63) is 33.8 Å². The number of unbranched alkanes of at least 4 members (excludes halogenated alkanes) is 1. The maximum Gasteiger partial charge on any atom is 0.0748 e. The monoisotopic (exact) mass is 246 g/mol. The Hall–Kier alpha value is -0.350. The first-order valence-corrected chi connectivity index (χ1v) is 5.53. The van der Waals surface area contributed by atoms with Gasteiger partial charge >= 0.3 is 0 Å². The molecule has 0 amide bonds. The van der Waals surface area contributed by atoms with E-state index in [1.54, 1.807) is 6.07 Å². The minimum absolute atomic E-state index is 0.521. The molecule has 74 valence electrons. The zero-order valence-corrected chi connectivity index (χ0v) is 9.76. The molecular formula is C11H9Cl3. The molecule has 0 saturated heterocycles. The van der Waals surface area contributed by atoms with Crippen molar-refractivity contribution in [3.63, 3.8) is 0 Å². The number of halogens is 3. The molecule has 0 aliphatic carbocycles. The third-order valence-corrected chi connectivity index (χ3v) is 2.70. The van der Waals surface area contributed by atoms with E-state index in [0.29, 0.717) is 15.9 Å². The predicted octanol–water partition coefficient (Wildman–Crippen LogP) is 4.36. The third kappa shape index (κ3) is 3.42. The molecule has 0 saturated carbocycles. The van der Waals surface area contributed by atoms with Gasteiger partial charge in [0.2, 0.25) is 0 Å². The van der Waals surface area contributed by atoms with E-state index in [-0.39, 0.29) is 0 Å². The SMILES string of the molecule is ClCCCC#Cc1cccc(Cl)c1Cl. The smallest absolute Gasteiger partial charge is 0.0748 e. The Labute approximate surface area is 99.2 Å². The summed E-state index contributed by atoms with van der Waals surface area (Å²) < 4.78 is 0. The maximum atomic E-state index is 5.95. The molecule has 0 heterocycles. The largest absolute Gasteiger partial charge is 0.127 e. The van der Waals surface area contributed by atoms with Crippen LogP contribution < -0.4 is 0 Å². The number of rotatable bonds is 2. The predicted molar refractivity (Wildman–Crippen MR) is 63.3 cm³/mol. The van der Waals surface area contributed by atoms with Crippen LogP contribution >= 0.6 is 34.8 Å². The normalized spacial score (nSPS) is 9.36. The van der Waals surface area contributed by atoms with Crippen molar-refractivity contribution >= 4 is 34.8 Å². The van der Waals surface area contributed by atoms with Crippen molar-refractivity contribution in [3.8, 4) is 11.8 Å². The standard InChI is InChI=1S/C11H9Cl3/c12-8-3-1-2-5-9-6-4-7-10(13)11(9)14/h4,6-7H,1,3,8H2. The molecule has 0 N–H and O–H groups in total. The lowest BCUT2D eigenvalue weighted by atomic mass is 10.2. The van der Waals surface area contributed by atoms with E-state index in [1.807, 2.05) is 12.1 Å². The Balaban J connectivity index is 2.74. The lowest BCUT2D eigenvalue weighted by Gasteiger charge is -1.96. The van der Waals surface area contributed by atoms with Crippen LogP contribution in [0.3, 0.4) is 0 Å². The van der Waals surface area contributed by atoms with E-state index in [1.165, 1.54) is 0 Å². The average Bonchev–Trinajstić information content (AvgIpc) is 2.19. The van der Waals surface area contributed by atoms with Gasteiger partial charge in [0.1, 0.15) is 0 Å². The van der Waals surface area contributed by atoms with Gasteiger partial charge in [0.25, 0.3) is 0 Å². The lowest BCUT2D eigenvalue weighted by Crippen LogP contribution is -1.78. The van der Waals surface area contributed by atoms with E-state index in [0.717, 1.165) is 18.4 Å². The number of hydrogen-bond donors (Lipinski definition) is 0. The second-order valence-corrected chi connectivity index (χ2v) is 3.86. The Morgan fingerprint density at radius 3 is 2.71 bits per heavy atom. The molecule has 0 aromatic heterocycles. The highest BCUT2D eigenvalue weighted by molar-refractivity contribution is 6.42. The molecule has 0 unspecified atom stereocenters. The molecule has 0 atom stereocenters. The van der Waals surface area contributed by atoms with Gasteiger partial charge in [0.05, 0.1) is 10.0 Å². The van der Waals surface area contributed by atoms with Crippen LogP contribution in [0.25, 0.3) is 0 Å². The minimum Gasteiger partial charge on any atom is -0.127 e. The van der Waals surface area contributed by atoms with Crippen molar-refractivity contribution in [2.24, 2.45) is 0 Å². The first-order chi connectivity index (χ1) is 6.75. The summed E-state index contributed by atoms with van der Waals surface area (Å²) in [4.78, 5) is 0. The highest BCUT2D eigenvalue weighted by atomic mass is 35.5. The minimum atomic E-state index is 0.521. The summed E-state index contributed by atoms with van der Waals surface area (Å²) in [5.74, 6) is 6.59. The van der Waals surface area contributed by atoms with Crippen LogP contribution in [0.15, 0.2) is 18.2 Å². The summed E-state index contributed by atoms with van der Waals surface area (Å²) in [5.41, 5.74) is 0.772. The van der Waals surface area contributed by atoms with Gasteiger partial charge < -0.3 is 0 Å². The Bertz CT molecular complexity index is 361. The van der Waals surface area contributed by atoms with E-state index < -0.39 is 0 Å². The number of hydrogen-bond acceptors (Lipinski definition) is 0. The zero-order chi connectivity index (χ0) is 10.4. The molecule has 1 aromatic rings. The van der Waals surface area contributed by atoms with Gasteiger partial charge in [0.15, 0.2) is 0 Å². The lowest BCUT2D eigenvalue weighted by molar-refractivity contribution is 0.991. The van der Waals surface area contributed by atoms with Gasteiger partial charge in [-0.25, -0.2) is 0 Å². The van der Waals surface area contributed by atoms with Gasteiger partial charge in [-0.2, -0.15) is 0 Å². The Kier molecular flexibility index (Phi) is 5.19. The van der Waals surface area contributed by atoms with Crippen molar-refractivity contribution in [2.45, 2.75) is 12.8 Å². The molecule has 0 fully saturated rings. The van der Waals surface area contributed by atoms with Crippen LogP contribution in [0.5, 0.6) is 0 Å². The molecule has 0 nitrogen and oxygen atoms in total. The summed E-state index contributed by atoms with van der Waals surface area (Å²) in [5, 5.41) is 1.06. The molecule has 0 spiro atoms. The Morgan fingerprint density at radius 2 is 2.00 bits per heavy atom. The second-order valence-electron chi connectivity index (χ2n) is 2.70. The van der Waals surface area contributed by atoms with Crippen LogP contribution in [0.4, 0.5) is 0 Å². The van der Waals surface area contributed by atoms with Crippen LogP contribution in [-0.4, -0.2) is 5.88 Å². The summed E-state index contributed by atoms with van der Waals surface area (Å²) in [7, 11) is 0.